The molecule has 4 unspecified atom stereocenters. The van der Waals surface area contributed by atoms with Crippen LogP contribution in [0, 0.1) is 56.7 Å². The number of hydrogen-bond acceptors (Lipinski definition) is 4. The Morgan fingerprint density at radius 1 is 0.745 bits per heavy atom. The lowest BCUT2D eigenvalue weighted by Gasteiger charge is -2.72. The zero-order chi connectivity index (χ0) is 39.6. The van der Waals surface area contributed by atoms with Crippen LogP contribution in [0.1, 0.15) is 138 Å². The number of carboxylic acid groups (broad SMARTS) is 1. The normalized spacial score (nSPS) is 37.4. The molecule has 298 valence electrons. The van der Waals surface area contributed by atoms with Gasteiger partial charge in [-0.25, -0.2) is 4.79 Å². The fourth-order valence-electron chi connectivity index (χ4n) is 14.2. The molecule has 2 aromatic carbocycles. The second-order valence-corrected chi connectivity index (χ2v) is 19.9. The summed E-state index contributed by atoms with van der Waals surface area (Å²) in [7, 11) is 0. The number of aliphatic hydroxyl groups excluding tert-OH is 1. The number of fused-ring (bicyclic) bond motifs is 7. The quantitative estimate of drug-likeness (QED) is 0.181. The molecule has 0 radical (unpaired) electrons. The minimum absolute atomic E-state index is 0.0599. The molecular weight excluding hydrogens is 685 g/mol. The fraction of sp³-hybridized carbons (Fsp3) is 0.646. The van der Waals surface area contributed by atoms with Gasteiger partial charge >= 0.3 is 5.97 Å². The van der Waals surface area contributed by atoms with Crippen molar-refractivity contribution in [3.8, 4) is 0 Å². The van der Waals surface area contributed by atoms with Crippen LogP contribution in [0.15, 0.2) is 60.7 Å². The number of carbonyl (C=O) groups excluding carboxylic acids is 2. The van der Waals surface area contributed by atoms with E-state index in [1.807, 2.05) is 30.3 Å². The Labute approximate surface area is 329 Å². The van der Waals surface area contributed by atoms with Crippen LogP contribution in [0.3, 0.4) is 0 Å². The molecule has 0 heterocycles. The molecule has 10 atom stereocenters. The molecule has 5 fully saturated rings. The molecule has 0 bridgehead atoms. The summed E-state index contributed by atoms with van der Waals surface area (Å²) in [4.78, 5) is 39.0. The number of rotatable bonds is 10. The SMILES string of the molecule is C=C(C)[C@@H]1CC[C@]2(C(=O)NCCc3cccc(C(=O)NCCc4cccc(C(=O)O)c4)c3)CC[C@]3(C)C(CCC4[C@@]5(C)CC[C@H](O)C(C)(C)C5CC[C@]43C)C12. The predicted octanol–water partition coefficient (Wildman–Crippen LogP) is 9.03. The minimum Gasteiger partial charge on any atom is -0.478 e. The van der Waals surface area contributed by atoms with Gasteiger partial charge in [0.05, 0.1) is 17.1 Å². The van der Waals surface area contributed by atoms with Crippen LogP contribution in [0.25, 0.3) is 0 Å². The third-order valence-electron chi connectivity index (χ3n) is 17.3. The summed E-state index contributed by atoms with van der Waals surface area (Å²) in [6.45, 7) is 20.1. The summed E-state index contributed by atoms with van der Waals surface area (Å²) < 4.78 is 0. The van der Waals surface area contributed by atoms with E-state index in [-0.39, 0.29) is 50.6 Å². The standard InChI is InChI=1S/C48H66N2O5/c1-30(2)35-16-23-48(43(55)50-27-20-31-10-8-12-33(28-31)41(52)49-26-19-32-11-9-13-34(29-32)42(53)54)25-24-46(6)36(40(35)48)14-15-38-45(5)21-18-39(51)44(3,4)37(45)17-22-47(38,46)7/h8-13,28-29,35-40,51H,1,14-27H2,2-7H3,(H,49,52)(H,50,55)(H,53,54)/t35-,36?,37?,38?,39-,40?,45-,46+,47+,48-/m0/s1. The number of nitrogens with one attached hydrogen (secondary N) is 2. The molecule has 2 amide bonds. The highest BCUT2D eigenvalue weighted by Gasteiger charge is 2.71. The van der Waals surface area contributed by atoms with E-state index in [2.05, 4.69) is 58.8 Å². The van der Waals surface area contributed by atoms with E-state index >= 15 is 0 Å². The fourth-order valence-corrected chi connectivity index (χ4v) is 14.2. The maximum atomic E-state index is 14.7. The van der Waals surface area contributed by atoms with E-state index in [4.69, 9.17) is 0 Å². The van der Waals surface area contributed by atoms with Crippen LogP contribution in [-0.2, 0) is 17.6 Å². The lowest BCUT2D eigenvalue weighted by molar-refractivity contribution is -0.246. The second kappa shape index (κ2) is 14.5. The first kappa shape index (κ1) is 39.8. The second-order valence-electron chi connectivity index (χ2n) is 19.9. The number of carboxylic acids is 1. The summed E-state index contributed by atoms with van der Waals surface area (Å²) >= 11 is 0. The third kappa shape index (κ3) is 6.48. The van der Waals surface area contributed by atoms with Crippen molar-refractivity contribution in [2.75, 3.05) is 13.1 Å². The van der Waals surface area contributed by atoms with Gasteiger partial charge in [0.1, 0.15) is 0 Å². The number of benzene rings is 2. The number of hydrogen-bond donors (Lipinski definition) is 4. The number of carbonyl (C=O) groups is 3. The molecule has 2 aromatic rings. The molecule has 5 aliphatic rings. The predicted molar refractivity (Wildman–Crippen MR) is 218 cm³/mol. The van der Waals surface area contributed by atoms with Crippen LogP contribution >= 0.6 is 0 Å². The van der Waals surface area contributed by atoms with Crippen LogP contribution in [0.2, 0.25) is 0 Å². The van der Waals surface area contributed by atoms with Gasteiger partial charge in [0.15, 0.2) is 0 Å². The Hall–Kier alpha value is -3.45. The first-order valence-electron chi connectivity index (χ1n) is 21.3. The van der Waals surface area contributed by atoms with Gasteiger partial charge in [0.25, 0.3) is 5.91 Å². The van der Waals surface area contributed by atoms with Crippen molar-refractivity contribution in [1.82, 2.24) is 10.6 Å². The highest BCUT2D eigenvalue weighted by atomic mass is 16.4. The molecular formula is C48H66N2O5. The zero-order valence-electron chi connectivity index (χ0n) is 34.3. The van der Waals surface area contributed by atoms with E-state index in [0.717, 1.165) is 49.7 Å². The first-order valence-corrected chi connectivity index (χ1v) is 21.3. The molecule has 5 aliphatic carbocycles. The Morgan fingerprint density at radius 3 is 2.07 bits per heavy atom. The van der Waals surface area contributed by atoms with E-state index < -0.39 is 5.97 Å². The largest absolute Gasteiger partial charge is 0.478 e. The maximum Gasteiger partial charge on any atom is 0.335 e. The van der Waals surface area contributed by atoms with Gasteiger partial charge in [-0.15, -0.1) is 0 Å². The van der Waals surface area contributed by atoms with Gasteiger partial charge in [-0.3, -0.25) is 9.59 Å². The molecule has 7 heteroatoms. The Morgan fingerprint density at radius 2 is 1.40 bits per heavy atom. The smallest absolute Gasteiger partial charge is 0.335 e. The molecule has 7 rings (SSSR count). The first-order chi connectivity index (χ1) is 26.0. The van der Waals surface area contributed by atoms with Crippen LogP contribution in [0.5, 0.6) is 0 Å². The third-order valence-corrected chi connectivity index (χ3v) is 17.3. The van der Waals surface area contributed by atoms with Crippen LogP contribution in [0.4, 0.5) is 0 Å². The molecule has 55 heavy (non-hydrogen) atoms. The summed E-state index contributed by atoms with van der Waals surface area (Å²) in [6.07, 6.45) is 11.8. The summed E-state index contributed by atoms with van der Waals surface area (Å²) in [5.74, 6) is 1.40. The molecule has 4 N–H and O–H groups in total. The van der Waals surface area contributed by atoms with E-state index in [1.165, 1.54) is 31.3 Å². The van der Waals surface area contributed by atoms with E-state index in [1.54, 1.807) is 18.2 Å². The van der Waals surface area contributed by atoms with Gasteiger partial charge in [0.2, 0.25) is 5.91 Å². The average molecular weight is 751 g/mol. The average Bonchev–Trinajstić information content (AvgIpc) is 3.55. The van der Waals surface area contributed by atoms with Crippen molar-refractivity contribution in [1.29, 1.82) is 0 Å². The lowest BCUT2D eigenvalue weighted by Crippen LogP contribution is -2.67. The maximum absolute atomic E-state index is 14.7. The summed E-state index contributed by atoms with van der Waals surface area (Å²) in [5.41, 5.74) is 4.07. The van der Waals surface area contributed by atoms with Crippen molar-refractivity contribution in [3.05, 3.63) is 82.9 Å². The molecule has 0 saturated heterocycles. The molecule has 0 aromatic heterocycles. The number of aromatic carboxylic acids is 1. The zero-order valence-corrected chi connectivity index (χ0v) is 34.3. The Kier molecular flexibility index (Phi) is 10.5. The lowest BCUT2D eigenvalue weighted by atomic mass is 9.32. The number of aliphatic hydroxyl groups is 1. The Bertz CT molecular complexity index is 1840. The Balaban J connectivity index is 1.02. The molecule has 0 spiro atoms. The highest BCUT2D eigenvalue weighted by Crippen LogP contribution is 2.77. The van der Waals surface area contributed by atoms with Crippen molar-refractivity contribution in [3.63, 3.8) is 0 Å². The topological polar surface area (TPSA) is 116 Å². The molecule has 5 saturated carbocycles. The summed E-state index contributed by atoms with van der Waals surface area (Å²) in [6, 6.07) is 14.4. The van der Waals surface area contributed by atoms with Gasteiger partial charge in [-0.05, 0) is 171 Å². The van der Waals surface area contributed by atoms with Crippen molar-refractivity contribution in [2.24, 2.45) is 56.7 Å². The highest BCUT2D eigenvalue weighted by molar-refractivity contribution is 5.94. The van der Waals surface area contributed by atoms with Crippen LogP contribution < -0.4 is 10.6 Å². The summed E-state index contributed by atoms with van der Waals surface area (Å²) in [5, 5.41) is 26.8. The number of amides is 2. The van der Waals surface area contributed by atoms with Gasteiger partial charge in [-0.2, -0.15) is 0 Å². The van der Waals surface area contributed by atoms with Crippen molar-refractivity contribution < 1.29 is 24.6 Å². The minimum atomic E-state index is -0.963. The van der Waals surface area contributed by atoms with E-state index in [9.17, 15) is 24.6 Å². The molecule has 0 aliphatic heterocycles. The van der Waals surface area contributed by atoms with Gasteiger partial charge < -0.3 is 20.8 Å². The van der Waals surface area contributed by atoms with Crippen molar-refractivity contribution >= 4 is 17.8 Å². The van der Waals surface area contributed by atoms with Crippen LogP contribution in [-0.4, -0.2) is 47.2 Å². The van der Waals surface area contributed by atoms with Crippen molar-refractivity contribution in [2.45, 2.75) is 125 Å². The van der Waals surface area contributed by atoms with Gasteiger partial charge in [0, 0.05) is 18.7 Å². The monoisotopic (exact) mass is 750 g/mol. The number of allylic oxidation sites excluding steroid dienone is 1. The molecule has 7 nitrogen and oxygen atoms in total. The van der Waals surface area contributed by atoms with E-state index in [0.29, 0.717) is 61.1 Å². The van der Waals surface area contributed by atoms with Gasteiger partial charge in [-0.1, -0.05) is 71.0 Å².